The first-order chi connectivity index (χ1) is 15.1. The van der Waals surface area contributed by atoms with Gasteiger partial charge in [-0.05, 0) is 112 Å². The molecule has 0 atom stereocenters. The third kappa shape index (κ3) is 10.4. The third-order valence-electron chi connectivity index (χ3n) is 7.03. The van der Waals surface area contributed by atoms with E-state index in [2.05, 4.69) is 64.1 Å². The van der Waals surface area contributed by atoms with E-state index in [0.717, 1.165) is 0 Å². The lowest BCUT2D eigenvalue weighted by Gasteiger charge is -2.08. The molecule has 2 rings (SSSR count). The molecule has 1 heteroatoms. The molecule has 0 N–H and O–H groups in total. The lowest BCUT2D eigenvalue weighted by Crippen LogP contribution is -1.93. The van der Waals surface area contributed by atoms with Gasteiger partial charge >= 0.3 is 0 Å². The van der Waals surface area contributed by atoms with E-state index in [1.807, 2.05) is 0 Å². The molecule has 0 aliphatic heterocycles. The van der Waals surface area contributed by atoms with Crippen molar-refractivity contribution in [1.82, 2.24) is 0 Å². The smallest absolute Gasteiger partial charge is 0.0276 e. The SMILES string of the molecule is Cc1cccc(CCCCCCCPCCCCCCCc2cccc(C)c2C)c1C. The maximum absolute atomic E-state index is 2.31. The number of aryl methyl sites for hydroxylation is 4. The molecule has 0 saturated carbocycles. The molecule has 0 saturated heterocycles. The summed E-state index contributed by atoms with van der Waals surface area (Å²) in [6.45, 7) is 9.01. The van der Waals surface area contributed by atoms with Crippen LogP contribution in [0.1, 0.15) is 97.6 Å². The molecule has 0 bridgehead atoms. The van der Waals surface area contributed by atoms with Gasteiger partial charge in [0, 0.05) is 0 Å². The Morgan fingerprint density at radius 2 is 0.871 bits per heavy atom. The summed E-state index contributed by atoms with van der Waals surface area (Å²) in [6.07, 6.45) is 19.6. The van der Waals surface area contributed by atoms with Crippen molar-refractivity contribution in [1.29, 1.82) is 0 Å². The van der Waals surface area contributed by atoms with Gasteiger partial charge in [0.1, 0.15) is 0 Å². The molecule has 0 amide bonds. The highest BCUT2D eigenvalue weighted by molar-refractivity contribution is 7.37. The summed E-state index contributed by atoms with van der Waals surface area (Å²) in [6, 6.07) is 13.5. The first kappa shape index (κ1) is 26.1. The molecule has 0 fully saturated rings. The molecule has 172 valence electrons. The zero-order chi connectivity index (χ0) is 22.3. The maximum atomic E-state index is 2.31. The normalized spacial score (nSPS) is 11.2. The second-order valence-corrected chi connectivity index (χ2v) is 11.0. The average Bonchev–Trinajstić information content (AvgIpc) is 2.76. The van der Waals surface area contributed by atoms with Gasteiger partial charge in [0.25, 0.3) is 0 Å². The van der Waals surface area contributed by atoms with Gasteiger partial charge in [-0.15, -0.1) is 8.58 Å². The third-order valence-corrected chi connectivity index (χ3v) is 8.45. The Balaban J connectivity index is 1.34. The molecule has 0 radical (unpaired) electrons. The van der Waals surface area contributed by atoms with Gasteiger partial charge in [-0.25, -0.2) is 0 Å². The van der Waals surface area contributed by atoms with Gasteiger partial charge in [0.15, 0.2) is 0 Å². The van der Waals surface area contributed by atoms with E-state index in [-0.39, 0.29) is 0 Å². The van der Waals surface area contributed by atoms with Crippen molar-refractivity contribution >= 4 is 8.58 Å². The van der Waals surface area contributed by atoms with Gasteiger partial charge in [-0.1, -0.05) is 74.9 Å². The highest BCUT2D eigenvalue weighted by atomic mass is 31.1. The molecule has 0 heterocycles. The zero-order valence-corrected chi connectivity index (χ0v) is 21.9. The summed E-state index contributed by atoms with van der Waals surface area (Å²) in [5.74, 6) is 0. The molecular formula is C30H47P. The Bertz CT molecular complexity index is 683. The minimum absolute atomic E-state index is 1.21. The van der Waals surface area contributed by atoms with E-state index < -0.39 is 0 Å². The van der Waals surface area contributed by atoms with Crippen LogP contribution < -0.4 is 0 Å². The standard InChI is InChI=1S/C30H47P/c1-25-17-15-21-29(27(25)3)19-11-7-5-9-13-23-31-24-14-10-6-8-12-20-30-22-16-18-26(2)28(30)4/h15-18,21-22,31H,5-14,19-20,23-24H2,1-4H3. The number of benzene rings is 2. The van der Waals surface area contributed by atoms with Crippen molar-refractivity contribution in [3.8, 4) is 0 Å². The number of unbranched alkanes of at least 4 members (excludes halogenated alkanes) is 8. The summed E-state index contributed by atoms with van der Waals surface area (Å²) >= 11 is 0. The quantitative estimate of drug-likeness (QED) is 0.181. The summed E-state index contributed by atoms with van der Waals surface area (Å²) in [7, 11) is 1.21. The van der Waals surface area contributed by atoms with Crippen LogP contribution in [0.5, 0.6) is 0 Å². The molecule has 0 unspecified atom stereocenters. The van der Waals surface area contributed by atoms with Crippen LogP contribution >= 0.6 is 8.58 Å². The summed E-state index contributed by atoms with van der Waals surface area (Å²) < 4.78 is 0. The Morgan fingerprint density at radius 1 is 0.484 bits per heavy atom. The summed E-state index contributed by atoms with van der Waals surface area (Å²) in [5.41, 5.74) is 9.01. The van der Waals surface area contributed by atoms with Crippen LogP contribution in [0.15, 0.2) is 36.4 Å². The molecule has 0 spiro atoms. The van der Waals surface area contributed by atoms with Crippen molar-refractivity contribution in [2.45, 2.75) is 105 Å². The fourth-order valence-corrected chi connectivity index (χ4v) is 5.73. The molecular weight excluding hydrogens is 391 g/mol. The van der Waals surface area contributed by atoms with Crippen molar-refractivity contribution in [2.75, 3.05) is 12.3 Å². The van der Waals surface area contributed by atoms with Crippen LogP contribution in [-0.2, 0) is 12.8 Å². The van der Waals surface area contributed by atoms with Gasteiger partial charge in [-0.2, -0.15) is 0 Å². The summed E-state index contributed by atoms with van der Waals surface area (Å²) in [5, 5.41) is 0. The Hall–Kier alpha value is -1.13. The van der Waals surface area contributed by atoms with E-state index in [0.29, 0.717) is 0 Å². The van der Waals surface area contributed by atoms with Crippen molar-refractivity contribution in [3.63, 3.8) is 0 Å². The Kier molecular flexibility index (Phi) is 13.2. The highest BCUT2D eigenvalue weighted by Crippen LogP contribution is 2.20. The van der Waals surface area contributed by atoms with Crippen LogP contribution in [0, 0.1) is 27.7 Å². The minimum Gasteiger partial charge on any atom is -0.122 e. The van der Waals surface area contributed by atoms with Crippen molar-refractivity contribution in [2.24, 2.45) is 0 Å². The fourth-order valence-electron chi connectivity index (χ4n) is 4.48. The second kappa shape index (κ2) is 15.6. The Morgan fingerprint density at radius 3 is 1.32 bits per heavy atom. The zero-order valence-electron chi connectivity index (χ0n) is 20.9. The van der Waals surface area contributed by atoms with E-state index in [1.165, 1.54) is 120 Å². The highest BCUT2D eigenvalue weighted by Gasteiger charge is 2.02. The number of rotatable bonds is 16. The van der Waals surface area contributed by atoms with Gasteiger partial charge < -0.3 is 0 Å². The van der Waals surface area contributed by atoms with Gasteiger partial charge in [0.05, 0.1) is 0 Å². The predicted molar refractivity (Wildman–Crippen MR) is 143 cm³/mol. The van der Waals surface area contributed by atoms with E-state index in [9.17, 15) is 0 Å². The van der Waals surface area contributed by atoms with Gasteiger partial charge in [-0.3, -0.25) is 0 Å². The van der Waals surface area contributed by atoms with Gasteiger partial charge in [0.2, 0.25) is 0 Å². The lowest BCUT2D eigenvalue weighted by atomic mass is 9.98. The van der Waals surface area contributed by atoms with E-state index >= 15 is 0 Å². The molecule has 0 nitrogen and oxygen atoms in total. The lowest BCUT2D eigenvalue weighted by molar-refractivity contribution is 0.629. The minimum atomic E-state index is 1.21. The van der Waals surface area contributed by atoms with Crippen LogP contribution in [0.25, 0.3) is 0 Å². The van der Waals surface area contributed by atoms with E-state index in [4.69, 9.17) is 0 Å². The molecule has 0 aromatic heterocycles. The van der Waals surface area contributed by atoms with Crippen molar-refractivity contribution < 1.29 is 0 Å². The molecule has 0 aliphatic carbocycles. The van der Waals surface area contributed by atoms with Crippen LogP contribution in [-0.4, -0.2) is 12.3 Å². The van der Waals surface area contributed by atoms with Crippen LogP contribution in [0.2, 0.25) is 0 Å². The maximum Gasteiger partial charge on any atom is -0.0276 e. The molecule has 31 heavy (non-hydrogen) atoms. The van der Waals surface area contributed by atoms with Crippen LogP contribution in [0.4, 0.5) is 0 Å². The first-order valence-electron chi connectivity index (χ1n) is 12.9. The largest absolute Gasteiger partial charge is 0.122 e. The van der Waals surface area contributed by atoms with E-state index in [1.54, 1.807) is 11.1 Å². The second-order valence-electron chi connectivity index (χ2n) is 9.50. The number of hydrogen-bond donors (Lipinski definition) is 0. The number of hydrogen-bond acceptors (Lipinski definition) is 0. The molecule has 0 aliphatic rings. The average molecular weight is 439 g/mol. The fraction of sp³-hybridized carbons (Fsp3) is 0.600. The molecule has 2 aromatic carbocycles. The monoisotopic (exact) mass is 438 g/mol. The van der Waals surface area contributed by atoms with Crippen LogP contribution in [0.3, 0.4) is 0 Å². The summed E-state index contributed by atoms with van der Waals surface area (Å²) in [4.78, 5) is 0. The predicted octanol–water partition coefficient (Wildman–Crippen LogP) is 9.28. The topological polar surface area (TPSA) is 0 Å². The Labute approximate surface area is 195 Å². The van der Waals surface area contributed by atoms with Crippen molar-refractivity contribution in [3.05, 3.63) is 69.8 Å². The first-order valence-corrected chi connectivity index (χ1v) is 14.3. The molecule has 2 aromatic rings.